The number of carbonyl (C=O) groups excluding carboxylic acids is 3. The van der Waals surface area contributed by atoms with Gasteiger partial charge in [0.25, 0.3) is 11.6 Å². The zero-order valence-corrected chi connectivity index (χ0v) is 18.8. The average Bonchev–Trinajstić information content (AvgIpc) is 3.35. The van der Waals surface area contributed by atoms with E-state index < -0.39 is 28.8 Å². The third-order valence-electron chi connectivity index (χ3n) is 5.15. The van der Waals surface area contributed by atoms with Gasteiger partial charge in [0, 0.05) is 25.6 Å². The summed E-state index contributed by atoms with van der Waals surface area (Å²) >= 11 is 0. The fourth-order valence-electron chi connectivity index (χ4n) is 3.43. The summed E-state index contributed by atoms with van der Waals surface area (Å²) < 4.78 is 0. The van der Waals surface area contributed by atoms with Gasteiger partial charge in [0.1, 0.15) is 11.6 Å². The summed E-state index contributed by atoms with van der Waals surface area (Å²) in [6.45, 7) is 1.35. The van der Waals surface area contributed by atoms with Gasteiger partial charge >= 0.3 is 6.03 Å². The van der Waals surface area contributed by atoms with Crippen molar-refractivity contribution in [2.24, 2.45) is 10.8 Å². The van der Waals surface area contributed by atoms with E-state index in [1.54, 1.807) is 29.3 Å². The number of rotatable bonds is 8. The third-order valence-corrected chi connectivity index (χ3v) is 5.15. The molecule has 0 bridgehead atoms. The van der Waals surface area contributed by atoms with Crippen LogP contribution in [0.3, 0.4) is 0 Å². The van der Waals surface area contributed by atoms with Gasteiger partial charge in [0.05, 0.1) is 4.92 Å². The number of nitrogens with zero attached hydrogens (tertiary/aromatic N) is 3. The number of primary amides is 1. The lowest BCUT2D eigenvalue weighted by molar-refractivity contribution is -0.385. The molecule has 13 nitrogen and oxygen atoms in total. The smallest absolute Gasteiger partial charge is 0.335 e. The number of nitro benzene ring substituents is 1. The lowest BCUT2D eigenvalue weighted by atomic mass is 10.1. The van der Waals surface area contributed by atoms with Crippen molar-refractivity contribution in [3.8, 4) is 0 Å². The lowest BCUT2D eigenvalue weighted by Crippen LogP contribution is -2.52. The van der Waals surface area contributed by atoms with Crippen molar-refractivity contribution >= 4 is 29.5 Å². The predicted octanol–water partition coefficient (Wildman–Crippen LogP) is 0.592. The molecule has 1 heterocycles. The number of guanidine groups is 1. The molecule has 1 saturated heterocycles. The summed E-state index contributed by atoms with van der Waals surface area (Å²) in [7, 11) is 0. The molecule has 1 aliphatic rings. The van der Waals surface area contributed by atoms with E-state index in [4.69, 9.17) is 5.73 Å². The normalized spacial score (nSPS) is 14.6. The highest BCUT2D eigenvalue weighted by Crippen LogP contribution is 2.17. The maximum Gasteiger partial charge on any atom is 0.335 e. The van der Waals surface area contributed by atoms with E-state index in [1.807, 2.05) is 6.07 Å². The van der Waals surface area contributed by atoms with Crippen LogP contribution >= 0.6 is 0 Å². The largest absolute Gasteiger partial charge is 0.368 e. The maximum absolute atomic E-state index is 12.7. The molecule has 1 aliphatic heterocycles. The highest BCUT2D eigenvalue weighted by Gasteiger charge is 2.23. The number of nitrogens with one attached hydrogen (secondary N) is 4. The zero-order valence-electron chi connectivity index (χ0n) is 18.8. The van der Waals surface area contributed by atoms with Crippen LogP contribution in [0.4, 0.5) is 10.5 Å². The molecule has 0 spiro atoms. The quantitative estimate of drug-likeness (QED) is 0.158. The van der Waals surface area contributed by atoms with Gasteiger partial charge < -0.3 is 11.1 Å². The molecule has 4 amide bonds. The van der Waals surface area contributed by atoms with Gasteiger partial charge in [-0.05, 0) is 24.5 Å². The molecule has 13 heteroatoms. The van der Waals surface area contributed by atoms with Crippen LogP contribution in [-0.2, 0) is 11.2 Å². The van der Waals surface area contributed by atoms with Crippen LogP contribution in [-0.4, -0.2) is 52.9 Å². The number of hydrogen-bond acceptors (Lipinski definition) is 7. The number of hydrogen-bond donors (Lipinski definition) is 5. The summed E-state index contributed by atoms with van der Waals surface area (Å²) in [5.41, 5.74) is 10.8. The summed E-state index contributed by atoms with van der Waals surface area (Å²) in [5, 5.41) is 21.8. The molecule has 0 saturated carbocycles. The van der Waals surface area contributed by atoms with Gasteiger partial charge in [-0.3, -0.25) is 30.4 Å². The predicted molar refractivity (Wildman–Crippen MR) is 127 cm³/mol. The molecular weight excluding hydrogens is 456 g/mol. The van der Waals surface area contributed by atoms with Gasteiger partial charge in [-0.1, -0.05) is 42.5 Å². The number of carbonyl (C=O) groups is 3. The van der Waals surface area contributed by atoms with Crippen LogP contribution in [0.1, 0.15) is 28.8 Å². The van der Waals surface area contributed by atoms with E-state index in [0.717, 1.165) is 18.4 Å². The molecule has 1 atom stereocenters. The standard InChI is InChI=1S/C22H26N8O5/c23-19(31)17(14-15-8-2-1-3-9-15)24-22(33)27-26-21(28-29-12-6-7-13-29)25-20(32)16-10-4-5-11-18(16)30(34)35/h1-5,8-11,17H,6-7,12-14H2,(H2,23,31)(H2,24,27,33)(H2,25,26,28,32)/t17-/m0/s1. The van der Waals surface area contributed by atoms with E-state index in [2.05, 4.69) is 26.6 Å². The zero-order chi connectivity index (χ0) is 25.2. The van der Waals surface area contributed by atoms with Crippen molar-refractivity contribution in [2.45, 2.75) is 25.3 Å². The first-order valence-corrected chi connectivity index (χ1v) is 10.9. The molecule has 0 unspecified atom stereocenters. The topological polar surface area (TPSA) is 184 Å². The molecule has 0 radical (unpaired) electrons. The summed E-state index contributed by atoms with van der Waals surface area (Å²) in [6.07, 6.45) is 2.03. The highest BCUT2D eigenvalue weighted by atomic mass is 16.6. The molecule has 1 fully saturated rings. The Balaban J connectivity index is 1.70. The molecule has 2 aromatic carbocycles. The van der Waals surface area contributed by atoms with Crippen LogP contribution in [0.2, 0.25) is 0 Å². The number of hydrazine groups is 1. The van der Waals surface area contributed by atoms with Crippen molar-refractivity contribution in [3.05, 3.63) is 75.8 Å². The van der Waals surface area contributed by atoms with Crippen LogP contribution < -0.4 is 27.2 Å². The monoisotopic (exact) mass is 482 g/mol. The Kier molecular flexibility index (Phi) is 8.67. The van der Waals surface area contributed by atoms with E-state index in [0.29, 0.717) is 13.1 Å². The molecule has 35 heavy (non-hydrogen) atoms. The average molecular weight is 483 g/mol. The molecule has 6 N–H and O–H groups in total. The SMILES string of the molecule is NC(=O)[C@H](Cc1ccccc1)NC(=O)N/N=C(/NC(=O)c1ccccc1[N+](=O)[O-])NN1CCCC1. The van der Waals surface area contributed by atoms with Gasteiger partial charge in [0.15, 0.2) is 0 Å². The fourth-order valence-corrected chi connectivity index (χ4v) is 3.43. The van der Waals surface area contributed by atoms with Crippen LogP contribution in [0.5, 0.6) is 0 Å². The molecule has 2 aromatic rings. The van der Waals surface area contributed by atoms with Gasteiger partial charge in [-0.15, -0.1) is 5.10 Å². The van der Waals surface area contributed by atoms with Gasteiger partial charge in [-0.2, -0.15) is 0 Å². The first-order chi connectivity index (χ1) is 16.8. The second kappa shape index (κ2) is 12.1. The summed E-state index contributed by atoms with van der Waals surface area (Å²) in [6, 6.07) is 12.7. The number of hydrazone groups is 1. The minimum absolute atomic E-state index is 0.149. The summed E-state index contributed by atoms with van der Waals surface area (Å²) in [5.74, 6) is -1.67. The van der Waals surface area contributed by atoms with Gasteiger partial charge in [-0.25, -0.2) is 15.2 Å². The van der Waals surface area contributed by atoms with E-state index in [9.17, 15) is 24.5 Å². The number of nitrogens with two attached hydrogens (primary N) is 1. The Morgan fingerprint density at radius 1 is 1.06 bits per heavy atom. The second-order valence-corrected chi connectivity index (χ2v) is 7.72. The van der Waals surface area contributed by atoms with E-state index >= 15 is 0 Å². The maximum atomic E-state index is 12.7. The van der Waals surface area contributed by atoms with Crippen molar-refractivity contribution in [3.63, 3.8) is 0 Å². The van der Waals surface area contributed by atoms with Crippen LogP contribution in [0.15, 0.2) is 59.7 Å². The minimum atomic E-state index is -0.996. The first kappa shape index (κ1) is 25.1. The van der Waals surface area contributed by atoms with Crippen molar-refractivity contribution in [1.29, 1.82) is 0 Å². The molecule has 184 valence electrons. The van der Waals surface area contributed by atoms with E-state index in [1.165, 1.54) is 24.3 Å². The number of urea groups is 1. The molecule has 0 aliphatic carbocycles. The Labute approximate surface area is 200 Å². The molecular formula is C22H26N8O5. The van der Waals surface area contributed by atoms with Crippen LogP contribution in [0, 0.1) is 10.1 Å². The Morgan fingerprint density at radius 3 is 2.37 bits per heavy atom. The Hall–Kier alpha value is -4.52. The third kappa shape index (κ3) is 7.50. The van der Waals surface area contributed by atoms with Gasteiger partial charge in [0.2, 0.25) is 11.9 Å². The van der Waals surface area contributed by atoms with Crippen molar-refractivity contribution < 1.29 is 19.3 Å². The Bertz CT molecular complexity index is 1100. The highest BCUT2D eigenvalue weighted by molar-refractivity contribution is 6.07. The molecule has 0 aromatic heterocycles. The fraction of sp³-hybridized carbons (Fsp3) is 0.273. The number of benzene rings is 2. The van der Waals surface area contributed by atoms with Crippen LogP contribution in [0.25, 0.3) is 0 Å². The van der Waals surface area contributed by atoms with Crippen molar-refractivity contribution in [1.82, 2.24) is 26.5 Å². The second-order valence-electron chi connectivity index (χ2n) is 7.72. The Morgan fingerprint density at radius 2 is 1.71 bits per heavy atom. The number of para-hydroxylation sites is 1. The summed E-state index contributed by atoms with van der Waals surface area (Å²) in [4.78, 5) is 47.5. The van der Waals surface area contributed by atoms with E-state index in [-0.39, 0.29) is 23.6 Å². The molecule has 3 rings (SSSR count). The number of amides is 4. The first-order valence-electron chi connectivity index (χ1n) is 10.9. The van der Waals surface area contributed by atoms with Crippen molar-refractivity contribution in [2.75, 3.05) is 13.1 Å². The number of nitro groups is 1. The lowest BCUT2D eigenvalue weighted by Gasteiger charge is -2.20. The minimum Gasteiger partial charge on any atom is -0.368 e.